The number of carbonyl (C=O) groups excluding carboxylic acids is 14. The van der Waals surface area contributed by atoms with Crippen molar-refractivity contribution in [1.29, 1.82) is 0 Å². The number of Topliss-reactive ketones (excluding diaryl/α,β-unsaturated/α-hetero) is 6. The molecule has 8 aromatic rings. The Morgan fingerprint density at radius 2 is 0.605 bits per heavy atom. The summed E-state index contributed by atoms with van der Waals surface area (Å²) in [6.07, 6.45) is 11.7. The monoisotopic (exact) mass is 2040 g/mol. The van der Waals surface area contributed by atoms with Gasteiger partial charge in [-0.2, -0.15) is 0 Å². The van der Waals surface area contributed by atoms with E-state index in [-0.39, 0.29) is 141 Å². The van der Waals surface area contributed by atoms with Crippen LogP contribution in [0.5, 0.6) is 0 Å². The molecule has 802 valence electrons. The van der Waals surface area contributed by atoms with Crippen LogP contribution in [-0.2, 0) is 67.1 Å². The lowest BCUT2D eigenvalue weighted by atomic mass is 10.0. The van der Waals surface area contributed by atoms with Crippen LogP contribution in [0.1, 0.15) is 267 Å². The largest absolute Gasteiger partial charge is 0.513 e. The van der Waals surface area contributed by atoms with Crippen molar-refractivity contribution >= 4 is 139 Å². The van der Waals surface area contributed by atoms with Crippen molar-refractivity contribution in [3.63, 3.8) is 0 Å². The highest BCUT2D eigenvalue weighted by molar-refractivity contribution is 6.30. The average molecular weight is 2040 g/mol. The molecule has 0 bridgehead atoms. The van der Waals surface area contributed by atoms with Crippen LogP contribution >= 0.6 is 11.6 Å². The van der Waals surface area contributed by atoms with E-state index in [9.17, 15) is 72.2 Å². The Labute approximate surface area is 884 Å². The number of ketones is 6. The molecule has 0 aliphatic heterocycles. The second-order valence-electron chi connectivity index (χ2n) is 39.1. The number of rotatable bonds is 44. The number of hydrogen-bond acceptors (Lipinski definition) is 16. The fourth-order valence-corrected chi connectivity index (χ4v) is 16.3. The van der Waals surface area contributed by atoms with Gasteiger partial charge in [-0.15, -0.1) is 0 Å². The van der Waals surface area contributed by atoms with Gasteiger partial charge in [-0.3, -0.25) is 38.4 Å². The standard InChI is InChI=1S/C19H28ClNO2.5C15H21NO2.2C14H19NO2/c1-3-21(18-14-12-17(20)13-15-18)19(23)11-9-7-5-4-6-8-10-16(2)22;1-11-5-7-14(8-6-11)16(4)15(18)10-12(2)9-13(3)17;1-11(9-13(3)17)10-15(18)16(4)14-8-6-5-7-12(14)2;1-11-7-5-6-8-14(11)16(4)15(18)12(2)9-10-13(3)17;1-11(2)16(14-8-6-5-7-9-14)15(18)12(3)10-13(4)17;1-5-16(14-9-7-6-8-11(14)2)15(18)12(3)10-13(4)17;1-10-5-7-13(8-6-10)15(4)14(17)11(2)9-12(3)16;1-10-7-5-6-8-13(10)15(4)14(17)11(2)9-12(3)16/h12-15H,3-11H2,1-2H3;5-8,12H,9-10H2,1-4H3;5-8,11H,9-10H2,1-4H3;5-8,12,17H,3,9-10H2,1-2,4H3;5-9,11-12H,10H2,1-4H3;6-9,12,17H,4-5,10H2,1-3H3;2*5-8,11H,9H2,1-4H3. The number of halogens is 1. The predicted molar refractivity (Wildman–Crippen MR) is 606 cm³/mol. The Kier molecular flexibility index (Phi) is 63.4. The van der Waals surface area contributed by atoms with Crippen LogP contribution < -0.4 is 39.2 Å². The Balaban J connectivity index is 0.000000841. The SMILES string of the molecule is C=C(O)CC(C)C(=O)N(CC)c1ccccc1C.C=C(O)CCC(C)C(=O)N(C)c1ccccc1C.CC(=O)CC(C)C(=O)N(C)c1ccc(C)cc1.CC(=O)CC(C)C(=O)N(C)c1ccccc1C.CC(=O)CC(C)C(=O)N(c1ccccc1)C(C)C.CC(=O)CC(C)CC(=O)N(C)c1ccc(C)cc1.CC(=O)CC(C)CC(=O)N(C)c1ccccc1C.CCN(C(=O)CCCCCCCCC(C)=O)c1ccc(Cl)cc1. The first kappa shape index (κ1) is 132. The summed E-state index contributed by atoms with van der Waals surface area (Å²) < 4.78 is 0. The number of carbonyl (C=O) groups is 14. The van der Waals surface area contributed by atoms with Gasteiger partial charge in [0.15, 0.2) is 0 Å². The number of amides is 8. The molecule has 7 atom stereocenters. The maximum atomic E-state index is 12.4. The van der Waals surface area contributed by atoms with Gasteiger partial charge in [-0.25, -0.2) is 0 Å². The van der Waals surface area contributed by atoms with Gasteiger partial charge >= 0.3 is 0 Å². The number of anilines is 8. The van der Waals surface area contributed by atoms with Gasteiger partial charge in [-0.05, 0) is 249 Å². The highest BCUT2D eigenvalue weighted by Gasteiger charge is 2.29. The number of allylic oxidation sites excluding steroid dienone is 2. The third kappa shape index (κ3) is 52.2. The van der Waals surface area contributed by atoms with E-state index in [0.717, 1.165) is 112 Å². The molecule has 0 aromatic heterocycles. The summed E-state index contributed by atoms with van der Waals surface area (Å²) in [7, 11) is 8.83. The van der Waals surface area contributed by atoms with Gasteiger partial charge in [0.05, 0.1) is 11.5 Å². The van der Waals surface area contributed by atoms with Crippen LogP contribution in [0.3, 0.4) is 0 Å². The van der Waals surface area contributed by atoms with Gasteiger partial charge in [0.2, 0.25) is 47.3 Å². The zero-order chi connectivity index (χ0) is 112. The zero-order valence-electron chi connectivity index (χ0n) is 93.3. The number of aryl methyl sites for hydroxylation is 6. The third-order valence-electron chi connectivity index (χ3n) is 24.3. The van der Waals surface area contributed by atoms with Gasteiger partial charge in [-0.1, -0.05) is 225 Å². The molecular weight excluding hydrogens is 1870 g/mol. The van der Waals surface area contributed by atoms with Crippen LogP contribution in [0.4, 0.5) is 45.5 Å². The van der Waals surface area contributed by atoms with Gasteiger partial charge < -0.3 is 78.2 Å². The molecule has 0 heterocycles. The molecule has 0 spiro atoms. The number of hydrogen-bond donors (Lipinski definition) is 2. The smallest absolute Gasteiger partial charge is 0.230 e. The van der Waals surface area contributed by atoms with Crippen molar-refractivity contribution in [1.82, 2.24) is 0 Å². The predicted octanol–water partition coefficient (Wildman–Crippen LogP) is 26.4. The highest BCUT2D eigenvalue weighted by atomic mass is 35.5. The first-order valence-electron chi connectivity index (χ1n) is 51.2. The Morgan fingerprint density at radius 3 is 0.966 bits per heavy atom. The van der Waals surface area contributed by atoms with Crippen molar-refractivity contribution in [2.45, 2.75) is 281 Å². The molecule has 8 aromatic carbocycles. The van der Waals surface area contributed by atoms with Crippen LogP contribution in [0, 0.1) is 83.0 Å². The van der Waals surface area contributed by atoms with E-state index in [2.05, 4.69) is 13.2 Å². The van der Waals surface area contributed by atoms with E-state index in [1.807, 2.05) is 309 Å². The maximum absolute atomic E-state index is 12.4. The number of para-hydroxylation sites is 5. The first-order valence-corrected chi connectivity index (χ1v) is 51.6. The topological polar surface area (TPSA) is 305 Å². The van der Waals surface area contributed by atoms with Crippen LogP contribution in [0.25, 0.3) is 0 Å². The van der Waals surface area contributed by atoms with E-state index in [4.69, 9.17) is 16.7 Å². The van der Waals surface area contributed by atoms with Crippen molar-refractivity contribution in [3.8, 4) is 0 Å². The summed E-state index contributed by atoms with van der Waals surface area (Å²) in [5.74, 6) is 0.185. The molecule has 0 aliphatic carbocycles. The minimum absolute atomic E-state index is 0.00593. The van der Waals surface area contributed by atoms with E-state index < -0.39 is 0 Å². The Bertz CT molecular complexity index is 5490. The van der Waals surface area contributed by atoms with E-state index in [1.165, 1.54) is 26.3 Å². The first-order chi connectivity index (χ1) is 69.0. The fraction of sp³-hybridized carbons (Fsp3) is 0.459. The van der Waals surface area contributed by atoms with E-state index >= 15 is 0 Å². The lowest BCUT2D eigenvalue weighted by molar-refractivity contribution is -0.126. The molecule has 0 radical (unpaired) electrons. The Morgan fingerprint density at radius 1 is 0.286 bits per heavy atom. The second-order valence-corrected chi connectivity index (χ2v) is 39.5. The van der Waals surface area contributed by atoms with Crippen LogP contribution in [0.15, 0.2) is 225 Å². The molecule has 147 heavy (non-hydrogen) atoms. The minimum atomic E-state index is -0.273. The van der Waals surface area contributed by atoms with Crippen LogP contribution in [-0.4, -0.2) is 147 Å². The van der Waals surface area contributed by atoms with Crippen LogP contribution in [0.2, 0.25) is 5.02 Å². The number of unbranched alkanes of at least 4 members (excludes halogenated alkanes) is 5. The summed E-state index contributed by atoms with van der Waals surface area (Å²) in [6.45, 7) is 50.2. The molecule has 24 nitrogen and oxygen atoms in total. The van der Waals surface area contributed by atoms with Gasteiger partial charge in [0, 0.05) is 205 Å². The van der Waals surface area contributed by atoms with Crippen molar-refractivity contribution in [3.05, 3.63) is 263 Å². The molecule has 0 fully saturated rings. The zero-order valence-corrected chi connectivity index (χ0v) is 94.0. The summed E-state index contributed by atoms with van der Waals surface area (Å²) in [5.41, 5.74) is 13.8. The quantitative estimate of drug-likeness (QED) is 0.0265. The molecule has 25 heteroatoms. The molecule has 0 saturated carbocycles. The minimum Gasteiger partial charge on any atom is -0.513 e. The highest BCUT2D eigenvalue weighted by Crippen LogP contribution is 2.30. The summed E-state index contributed by atoms with van der Waals surface area (Å²) in [6, 6.07) is 63.8. The molecule has 0 aliphatic rings. The molecule has 0 saturated heterocycles. The molecule has 2 N–H and O–H groups in total. The maximum Gasteiger partial charge on any atom is 0.230 e. The fourth-order valence-electron chi connectivity index (χ4n) is 16.2. The summed E-state index contributed by atoms with van der Waals surface area (Å²) >= 11 is 5.89. The summed E-state index contributed by atoms with van der Waals surface area (Å²) in [4.78, 5) is 177. The summed E-state index contributed by atoms with van der Waals surface area (Å²) in [5, 5.41) is 18.9. The van der Waals surface area contributed by atoms with Crippen molar-refractivity contribution in [2.24, 2.45) is 41.4 Å². The van der Waals surface area contributed by atoms with E-state index in [0.29, 0.717) is 95.2 Å². The molecular formula is C122H171ClN8O16. The molecule has 8 amide bonds. The molecule has 7 unspecified atom stereocenters. The number of benzene rings is 8. The molecule has 8 rings (SSSR count). The number of nitrogens with zero attached hydrogens (tertiary/aromatic N) is 8. The number of aliphatic hydroxyl groups excluding tert-OH is 2. The Hall–Kier alpha value is -13.1. The van der Waals surface area contributed by atoms with E-state index in [1.54, 1.807) is 104 Å². The van der Waals surface area contributed by atoms with Crippen molar-refractivity contribution in [2.75, 3.05) is 87.5 Å². The normalized spacial score (nSPS) is 11.8. The lowest BCUT2D eigenvalue weighted by Gasteiger charge is -2.29. The lowest BCUT2D eigenvalue weighted by Crippen LogP contribution is -2.40. The van der Waals surface area contributed by atoms with Gasteiger partial charge in [0.25, 0.3) is 0 Å². The van der Waals surface area contributed by atoms with Gasteiger partial charge in [0.1, 0.15) is 34.7 Å². The third-order valence-corrected chi connectivity index (χ3v) is 24.6. The number of aliphatic hydroxyl groups is 2. The second kappa shape index (κ2) is 70.7. The average Bonchev–Trinajstić information content (AvgIpc) is 0.893. The van der Waals surface area contributed by atoms with Crippen molar-refractivity contribution < 1.29 is 77.3 Å².